The monoisotopic (exact) mass is 215 g/mol. The van der Waals surface area contributed by atoms with Crippen molar-refractivity contribution in [2.24, 2.45) is 5.41 Å². The van der Waals surface area contributed by atoms with Gasteiger partial charge in [-0.2, -0.15) is 0 Å². The predicted molar refractivity (Wildman–Crippen MR) is 57.9 cm³/mol. The maximum absolute atomic E-state index is 10.8. The summed E-state index contributed by atoms with van der Waals surface area (Å²) in [6, 6.07) is 0. The Bertz CT molecular complexity index is 210. The van der Waals surface area contributed by atoms with Crippen LogP contribution in [0, 0.1) is 5.41 Å². The van der Waals surface area contributed by atoms with Gasteiger partial charge >= 0.3 is 5.97 Å². The van der Waals surface area contributed by atoms with Crippen molar-refractivity contribution >= 4 is 5.97 Å². The summed E-state index contributed by atoms with van der Waals surface area (Å²) in [4.78, 5) is 10.8. The minimum absolute atomic E-state index is 0.380. The van der Waals surface area contributed by atoms with Crippen LogP contribution in [0.2, 0.25) is 0 Å². The van der Waals surface area contributed by atoms with Crippen LogP contribution >= 0.6 is 0 Å². The molecule has 2 N–H and O–H groups in total. The summed E-state index contributed by atoms with van der Waals surface area (Å²) in [5.74, 6) is -0.757. The Morgan fingerprint density at radius 2 is 2.33 bits per heavy atom. The molecular formula is C11H21NO3. The van der Waals surface area contributed by atoms with Crippen LogP contribution in [0.3, 0.4) is 0 Å². The maximum atomic E-state index is 10.8. The molecule has 1 aliphatic rings. The van der Waals surface area contributed by atoms with E-state index in [1.165, 1.54) is 0 Å². The van der Waals surface area contributed by atoms with Gasteiger partial charge in [0.2, 0.25) is 0 Å². The van der Waals surface area contributed by atoms with Crippen LogP contribution in [0.5, 0.6) is 0 Å². The number of hydrogen-bond donors (Lipinski definition) is 2. The first kappa shape index (κ1) is 12.5. The van der Waals surface area contributed by atoms with Crippen LogP contribution in [-0.2, 0) is 9.53 Å². The number of ether oxygens (including phenoxy) is 1. The van der Waals surface area contributed by atoms with Gasteiger partial charge in [0.05, 0.1) is 11.5 Å². The molecule has 0 aromatic heterocycles. The summed E-state index contributed by atoms with van der Waals surface area (Å²) >= 11 is 0. The molecule has 0 aliphatic carbocycles. The molecule has 1 saturated heterocycles. The van der Waals surface area contributed by atoms with E-state index in [1.54, 1.807) is 13.8 Å². The van der Waals surface area contributed by atoms with Gasteiger partial charge < -0.3 is 15.2 Å². The smallest absolute Gasteiger partial charge is 0.310 e. The van der Waals surface area contributed by atoms with E-state index in [4.69, 9.17) is 9.84 Å². The largest absolute Gasteiger partial charge is 0.481 e. The molecular weight excluding hydrogens is 194 g/mol. The molecule has 1 atom stereocenters. The van der Waals surface area contributed by atoms with Gasteiger partial charge in [0.25, 0.3) is 0 Å². The van der Waals surface area contributed by atoms with Crippen LogP contribution in [0.4, 0.5) is 0 Å². The molecule has 0 bridgehead atoms. The van der Waals surface area contributed by atoms with Gasteiger partial charge in [-0.1, -0.05) is 0 Å². The average Bonchev–Trinajstić information content (AvgIpc) is 2.64. The third kappa shape index (κ3) is 4.18. The number of aliphatic carboxylic acids is 1. The standard InChI is InChI=1S/C11H21NO3/c1-11(2,10(13)14)8-12-6-5-9-4-3-7-15-9/h9,12H,3-8H2,1-2H3,(H,13,14). The van der Waals surface area contributed by atoms with Crippen molar-refractivity contribution in [3.8, 4) is 0 Å². The number of carbonyl (C=O) groups is 1. The zero-order valence-corrected chi connectivity index (χ0v) is 9.58. The quantitative estimate of drug-likeness (QED) is 0.655. The van der Waals surface area contributed by atoms with Gasteiger partial charge in [-0.05, 0) is 39.7 Å². The van der Waals surface area contributed by atoms with Gasteiger partial charge in [0.15, 0.2) is 0 Å². The van der Waals surface area contributed by atoms with E-state index in [1.807, 2.05) is 0 Å². The minimum Gasteiger partial charge on any atom is -0.481 e. The third-order valence-corrected chi connectivity index (χ3v) is 2.81. The minimum atomic E-state index is -0.757. The van der Waals surface area contributed by atoms with Crippen molar-refractivity contribution in [3.63, 3.8) is 0 Å². The fourth-order valence-electron chi connectivity index (χ4n) is 1.61. The Hall–Kier alpha value is -0.610. The van der Waals surface area contributed by atoms with E-state index in [0.717, 1.165) is 32.4 Å². The van der Waals surface area contributed by atoms with Crippen molar-refractivity contribution in [2.45, 2.75) is 39.2 Å². The normalized spacial score (nSPS) is 21.9. The van der Waals surface area contributed by atoms with Gasteiger partial charge in [0, 0.05) is 13.2 Å². The molecule has 0 radical (unpaired) electrons. The molecule has 15 heavy (non-hydrogen) atoms. The molecule has 1 fully saturated rings. The molecule has 1 aliphatic heterocycles. The van der Waals surface area contributed by atoms with Crippen molar-refractivity contribution in [1.82, 2.24) is 5.32 Å². The van der Waals surface area contributed by atoms with E-state index in [2.05, 4.69) is 5.32 Å². The van der Waals surface area contributed by atoms with Crippen LogP contribution < -0.4 is 5.32 Å². The zero-order chi connectivity index (χ0) is 11.3. The fraction of sp³-hybridized carbons (Fsp3) is 0.909. The van der Waals surface area contributed by atoms with Crippen LogP contribution in [-0.4, -0.2) is 36.9 Å². The summed E-state index contributed by atoms with van der Waals surface area (Å²) in [5.41, 5.74) is -0.684. The first-order valence-electron chi connectivity index (χ1n) is 5.58. The molecule has 0 spiro atoms. The van der Waals surface area contributed by atoms with E-state index in [9.17, 15) is 4.79 Å². The van der Waals surface area contributed by atoms with Gasteiger partial charge in [-0.25, -0.2) is 0 Å². The van der Waals surface area contributed by atoms with E-state index < -0.39 is 11.4 Å². The highest BCUT2D eigenvalue weighted by molar-refractivity contribution is 5.73. The molecule has 0 aromatic carbocycles. The van der Waals surface area contributed by atoms with Crippen LogP contribution in [0.1, 0.15) is 33.1 Å². The number of carboxylic acid groups (broad SMARTS) is 1. The van der Waals surface area contributed by atoms with Crippen LogP contribution in [0.25, 0.3) is 0 Å². The second-order valence-corrected chi connectivity index (χ2v) is 4.79. The number of nitrogens with one attached hydrogen (secondary N) is 1. The molecule has 1 rings (SSSR count). The molecule has 1 unspecified atom stereocenters. The van der Waals surface area contributed by atoms with Gasteiger partial charge in [-0.3, -0.25) is 4.79 Å². The summed E-state index contributed by atoms with van der Waals surface area (Å²) < 4.78 is 5.48. The highest BCUT2D eigenvalue weighted by Crippen LogP contribution is 2.15. The lowest BCUT2D eigenvalue weighted by Crippen LogP contribution is -2.37. The third-order valence-electron chi connectivity index (χ3n) is 2.81. The summed E-state index contributed by atoms with van der Waals surface area (Å²) in [5, 5.41) is 12.1. The Morgan fingerprint density at radius 1 is 1.60 bits per heavy atom. The maximum Gasteiger partial charge on any atom is 0.310 e. The summed E-state index contributed by atoms with van der Waals surface area (Å²) in [7, 11) is 0. The van der Waals surface area contributed by atoms with E-state index in [0.29, 0.717) is 12.6 Å². The lowest BCUT2D eigenvalue weighted by Gasteiger charge is -2.20. The lowest BCUT2D eigenvalue weighted by atomic mass is 9.94. The summed E-state index contributed by atoms with van der Waals surface area (Å²) in [6.45, 7) is 5.69. The average molecular weight is 215 g/mol. The summed E-state index contributed by atoms with van der Waals surface area (Å²) in [6.07, 6.45) is 3.66. The van der Waals surface area contributed by atoms with Crippen molar-refractivity contribution in [2.75, 3.05) is 19.7 Å². The second-order valence-electron chi connectivity index (χ2n) is 4.79. The molecule has 0 saturated carbocycles. The number of hydrogen-bond acceptors (Lipinski definition) is 3. The van der Waals surface area contributed by atoms with E-state index >= 15 is 0 Å². The first-order chi connectivity index (χ1) is 7.02. The molecule has 88 valence electrons. The van der Waals surface area contributed by atoms with E-state index in [-0.39, 0.29) is 0 Å². The van der Waals surface area contributed by atoms with Crippen molar-refractivity contribution in [1.29, 1.82) is 0 Å². The van der Waals surface area contributed by atoms with Gasteiger partial charge in [0.1, 0.15) is 0 Å². The van der Waals surface area contributed by atoms with Gasteiger partial charge in [-0.15, -0.1) is 0 Å². The zero-order valence-electron chi connectivity index (χ0n) is 9.58. The molecule has 0 aromatic rings. The topological polar surface area (TPSA) is 58.6 Å². The molecule has 0 amide bonds. The Labute approximate surface area is 91.0 Å². The lowest BCUT2D eigenvalue weighted by molar-refractivity contribution is -0.146. The number of carboxylic acids is 1. The highest BCUT2D eigenvalue weighted by atomic mass is 16.5. The van der Waals surface area contributed by atoms with Crippen molar-refractivity contribution in [3.05, 3.63) is 0 Å². The Balaban J connectivity index is 2.08. The molecule has 4 nitrogen and oxygen atoms in total. The second kappa shape index (κ2) is 5.47. The molecule has 4 heteroatoms. The molecule has 1 heterocycles. The Morgan fingerprint density at radius 3 is 2.87 bits per heavy atom. The van der Waals surface area contributed by atoms with Crippen LogP contribution in [0.15, 0.2) is 0 Å². The SMILES string of the molecule is CC(C)(CNCCC1CCCO1)C(=O)O. The first-order valence-corrected chi connectivity index (χ1v) is 5.58. The predicted octanol–water partition coefficient (Wildman–Crippen LogP) is 1.26. The Kier molecular flexibility index (Phi) is 4.54. The van der Waals surface area contributed by atoms with Crippen molar-refractivity contribution < 1.29 is 14.6 Å². The number of rotatable bonds is 6. The fourth-order valence-corrected chi connectivity index (χ4v) is 1.61. The highest BCUT2D eigenvalue weighted by Gasteiger charge is 2.26.